The molecular formula is C26H28N4O5. The van der Waals surface area contributed by atoms with Crippen LogP contribution in [0.2, 0.25) is 0 Å². The molecule has 3 N–H and O–H groups in total. The zero-order chi connectivity index (χ0) is 25.1. The molecule has 1 aliphatic heterocycles. The molecule has 3 aromatic rings. The minimum Gasteiger partial charge on any atom is -0.467 e. The first-order chi connectivity index (χ1) is 16.8. The van der Waals surface area contributed by atoms with Crippen molar-refractivity contribution in [3.63, 3.8) is 0 Å². The molecule has 1 saturated heterocycles. The van der Waals surface area contributed by atoms with E-state index in [0.29, 0.717) is 25.1 Å². The molecule has 9 heteroatoms. The van der Waals surface area contributed by atoms with Crippen molar-refractivity contribution < 1.29 is 23.9 Å². The molecule has 1 aliphatic rings. The Labute approximate surface area is 202 Å². The number of hydrogen-bond donors (Lipinski definition) is 2. The number of methoxy groups -OCH3 is 1. The van der Waals surface area contributed by atoms with E-state index < -0.39 is 29.9 Å². The molecule has 2 aromatic carbocycles. The van der Waals surface area contributed by atoms with E-state index >= 15 is 0 Å². The summed E-state index contributed by atoms with van der Waals surface area (Å²) >= 11 is 0. The van der Waals surface area contributed by atoms with Crippen molar-refractivity contribution in [2.24, 2.45) is 0 Å². The number of fused-ring (bicyclic) bond motifs is 1. The highest BCUT2D eigenvalue weighted by atomic mass is 16.5. The second kappa shape index (κ2) is 10.0. The summed E-state index contributed by atoms with van der Waals surface area (Å²) in [4.78, 5) is 58.4. The molecule has 0 bridgehead atoms. The Balaban J connectivity index is 1.78. The Morgan fingerprint density at radius 2 is 1.86 bits per heavy atom. The van der Waals surface area contributed by atoms with Crippen molar-refractivity contribution in [1.29, 1.82) is 0 Å². The molecule has 0 saturated carbocycles. The minimum absolute atomic E-state index is 0.0515. The molecule has 35 heavy (non-hydrogen) atoms. The van der Waals surface area contributed by atoms with Crippen LogP contribution in [-0.4, -0.2) is 64.2 Å². The van der Waals surface area contributed by atoms with Crippen LogP contribution in [0.25, 0.3) is 10.9 Å². The number of carbonyl (C=O) groups is 4. The molecule has 0 aliphatic carbocycles. The molecule has 1 fully saturated rings. The van der Waals surface area contributed by atoms with Crippen LogP contribution in [0.1, 0.15) is 35.7 Å². The first-order valence-corrected chi connectivity index (χ1v) is 11.4. The number of para-hydroxylation sites is 1. The van der Waals surface area contributed by atoms with Crippen molar-refractivity contribution >= 4 is 40.3 Å². The number of amides is 3. The van der Waals surface area contributed by atoms with Crippen molar-refractivity contribution in [1.82, 2.24) is 14.8 Å². The zero-order valence-electron chi connectivity index (χ0n) is 19.7. The largest absolute Gasteiger partial charge is 0.467 e. The Hall–Kier alpha value is -4.14. The third kappa shape index (κ3) is 4.75. The van der Waals surface area contributed by atoms with Gasteiger partial charge < -0.3 is 20.4 Å². The first-order valence-electron chi connectivity index (χ1n) is 11.4. The van der Waals surface area contributed by atoms with Crippen LogP contribution in [0, 0.1) is 0 Å². The SMILES string of the molecule is COC(=O)[C@H](Cc1c[nH]c2ccccc12)N(C(=O)c1ccc(N)cc1)C(=O)[C@@H]1CCCN1C(C)=O. The lowest BCUT2D eigenvalue weighted by Gasteiger charge is -2.33. The second-order valence-electron chi connectivity index (χ2n) is 8.61. The van der Waals surface area contributed by atoms with E-state index in [4.69, 9.17) is 10.5 Å². The number of carbonyl (C=O) groups excluding carboxylic acids is 4. The predicted molar refractivity (Wildman–Crippen MR) is 130 cm³/mol. The maximum atomic E-state index is 13.9. The lowest BCUT2D eigenvalue weighted by Crippen LogP contribution is -2.56. The van der Waals surface area contributed by atoms with Crippen LogP contribution in [0.4, 0.5) is 5.69 Å². The van der Waals surface area contributed by atoms with Crippen LogP contribution in [0.3, 0.4) is 0 Å². The molecule has 182 valence electrons. The predicted octanol–water partition coefficient (Wildman–Crippen LogP) is 2.51. The molecule has 9 nitrogen and oxygen atoms in total. The Morgan fingerprint density at radius 3 is 2.54 bits per heavy atom. The summed E-state index contributed by atoms with van der Waals surface area (Å²) in [7, 11) is 1.22. The van der Waals surface area contributed by atoms with Gasteiger partial charge in [0.1, 0.15) is 12.1 Å². The van der Waals surface area contributed by atoms with Gasteiger partial charge >= 0.3 is 5.97 Å². The Bertz CT molecular complexity index is 1270. The number of rotatable bonds is 6. The van der Waals surface area contributed by atoms with Crippen LogP contribution in [0.5, 0.6) is 0 Å². The number of nitrogens with two attached hydrogens (primary N) is 1. The van der Waals surface area contributed by atoms with E-state index in [1.54, 1.807) is 18.3 Å². The maximum absolute atomic E-state index is 13.9. The molecule has 0 unspecified atom stereocenters. The number of H-pyrrole nitrogens is 1. The Kier molecular flexibility index (Phi) is 6.86. The number of nitrogens with zero attached hydrogens (tertiary/aromatic N) is 2. The number of esters is 1. The fourth-order valence-electron chi connectivity index (χ4n) is 4.65. The number of anilines is 1. The highest BCUT2D eigenvalue weighted by molar-refractivity contribution is 6.09. The summed E-state index contributed by atoms with van der Waals surface area (Å²) < 4.78 is 5.05. The van der Waals surface area contributed by atoms with Gasteiger partial charge in [0.2, 0.25) is 5.91 Å². The second-order valence-corrected chi connectivity index (χ2v) is 8.61. The number of imide groups is 1. The van der Waals surface area contributed by atoms with Gasteiger partial charge in [0.15, 0.2) is 0 Å². The number of likely N-dealkylation sites (tertiary alicyclic amines) is 1. The summed E-state index contributed by atoms with van der Waals surface area (Å²) in [6, 6.07) is 11.6. The molecule has 0 radical (unpaired) electrons. The van der Waals surface area contributed by atoms with Crippen molar-refractivity contribution in [3.05, 3.63) is 65.9 Å². The van der Waals surface area contributed by atoms with Gasteiger partial charge in [0.25, 0.3) is 11.8 Å². The van der Waals surface area contributed by atoms with Gasteiger partial charge in [0.05, 0.1) is 7.11 Å². The van der Waals surface area contributed by atoms with Gasteiger partial charge in [-0.3, -0.25) is 19.3 Å². The van der Waals surface area contributed by atoms with Gasteiger partial charge in [-0.05, 0) is 48.7 Å². The first kappa shape index (κ1) is 24.0. The molecule has 1 aromatic heterocycles. The van der Waals surface area contributed by atoms with Gasteiger partial charge in [-0.25, -0.2) is 4.79 Å². The van der Waals surface area contributed by atoms with Gasteiger partial charge in [0, 0.05) is 48.2 Å². The number of aromatic nitrogens is 1. The molecular weight excluding hydrogens is 448 g/mol. The van der Waals surface area contributed by atoms with Crippen molar-refractivity contribution in [3.8, 4) is 0 Å². The van der Waals surface area contributed by atoms with Gasteiger partial charge in [-0.2, -0.15) is 0 Å². The Morgan fingerprint density at radius 1 is 1.14 bits per heavy atom. The molecule has 2 atom stereocenters. The van der Waals surface area contributed by atoms with Crippen LogP contribution in [-0.2, 0) is 25.5 Å². The smallest absolute Gasteiger partial charge is 0.329 e. The third-order valence-electron chi connectivity index (χ3n) is 6.43. The lowest BCUT2D eigenvalue weighted by atomic mass is 10.0. The average molecular weight is 477 g/mol. The molecule has 3 amide bonds. The number of aromatic amines is 1. The number of benzene rings is 2. The van der Waals surface area contributed by atoms with Crippen molar-refractivity contribution in [2.45, 2.75) is 38.3 Å². The number of nitrogens with one attached hydrogen (secondary N) is 1. The summed E-state index contributed by atoms with van der Waals surface area (Å²) in [5.41, 5.74) is 8.06. The van der Waals surface area contributed by atoms with Crippen LogP contribution in [0.15, 0.2) is 54.7 Å². The normalized spacial score (nSPS) is 16.2. The summed E-state index contributed by atoms with van der Waals surface area (Å²) in [6.45, 7) is 1.81. The molecule has 4 rings (SSSR count). The lowest BCUT2D eigenvalue weighted by molar-refractivity contribution is -0.153. The van der Waals surface area contributed by atoms with E-state index in [0.717, 1.165) is 21.4 Å². The molecule has 2 heterocycles. The average Bonchev–Trinajstić information content (AvgIpc) is 3.51. The minimum atomic E-state index is -1.23. The van der Waals surface area contributed by atoms with E-state index in [9.17, 15) is 19.2 Å². The van der Waals surface area contributed by atoms with Crippen molar-refractivity contribution in [2.75, 3.05) is 19.4 Å². The maximum Gasteiger partial charge on any atom is 0.329 e. The quantitative estimate of drug-likeness (QED) is 0.320. The van der Waals surface area contributed by atoms with Gasteiger partial charge in [-0.15, -0.1) is 0 Å². The van der Waals surface area contributed by atoms with Gasteiger partial charge in [-0.1, -0.05) is 18.2 Å². The summed E-state index contributed by atoms with van der Waals surface area (Å²) in [5.74, 6) is -2.23. The monoisotopic (exact) mass is 476 g/mol. The van der Waals surface area contributed by atoms with Crippen LogP contribution >= 0.6 is 0 Å². The van der Waals surface area contributed by atoms with E-state index in [1.807, 2.05) is 24.3 Å². The number of hydrogen-bond acceptors (Lipinski definition) is 6. The zero-order valence-corrected chi connectivity index (χ0v) is 19.7. The summed E-state index contributed by atoms with van der Waals surface area (Å²) in [5, 5.41) is 0.875. The van der Waals surface area contributed by atoms with Crippen LogP contribution < -0.4 is 5.73 Å². The van der Waals surface area contributed by atoms with E-state index in [1.165, 1.54) is 31.1 Å². The van der Waals surface area contributed by atoms with E-state index in [-0.39, 0.29) is 17.9 Å². The highest BCUT2D eigenvalue weighted by Crippen LogP contribution is 2.26. The number of ether oxygens (including phenoxy) is 1. The third-order valence-corrected chi connectivity index (χ3v) is 6.43. The number of nitrogen functional groups attached to an aromatic ring is 1. The summed E-state index contributed by atoms with van der Waals surface area (Å²) in [6.07, 6.45) is 2.85. The molecule has 0 spiro atoms. The fraction of sp³-hybridized carbons (Fsp3) is 0.308. The standard InChI is InChI=1S/C26H28N4O5/c1-16(31)29-13-5-8-22(29)25(33)30(24(32)17-9-11-19(27)12-10-17)23(26(34)35-2)14-18-15-28-21-7-4-3-6-20(18)21/h3-4,6-7,9-12,15,22-23,28H,5,8,13-14,27H2,1-2H3/t22-,23-/m0/s1. The topological polar surface area (TPSA) is 126 Å². The fourth-order valence-corrected chi connectivity index (χ4v) is 4.65. The highest BCUT2D eigenvalue weighted by Gasteiger charge is 2.43. The van der Waals surface area contributed by atoms with E-state index in [2.05, 4.69) is 4.98 Å².